The molecule has 142 valence electrons. The second kappa shape index (κ2) is 9.03. The SMILES string of the molecule is CNC1CCCN(C(=O)C2CCN(C(=O)COc3ccccc3)CC2)C1. The van der Waals surface area contributed by atoms with Crippen molar-refractivity contribution < 1.29 is 14.3 Å². The number of hydrogen-bond acceptors (Lipinski definition) is 4. The smallest absolute Gasteiger partial charge is 0.260 e. The number of benzene rings is 1. The van der Waals surface area contributed by atoms with Crippen LogP contribution >= 0.6 is 0 Å². The van der Waals surface area contributed by atoms with E-state index in [4.69, 9.17) is 4.74 Å². The maximum Gasteiger partial charge on any atom is 0.260 e. The van der Waals surface area contributed by atoms with Crippen LogP contribution in [0.3, 0.4) is 0 Å². The van der Waals surface area contributed by atoms with Crippen LogP contribution in [0.15, 0.2) is 30.3 Å². The summed E-state index contributed by atoms with van der Waals surface area (Å²) in [6.07, 6.45) is 3.69. The Bertz CT molecular complexity index is 600. The first-order valence-electron chi connectivity index (χ1n) is 9.59. The Labute approximate surface area is 155 Å². The van der Waals surface area contributed by atoms with Crippen LogP contribution in [0, 0.1) is 5.92 Å². The number of nitrogens with zero attached hydrogens (tertiary/aromatic N) is 2. The van der Waals surface area contributed by atoms with Crippen molar-refractivity contribution in [1.82, 2.24) is 15.1 Å². The van der Waals surface area contributed by atoms with Crippen LogP contribution in [-0.2, 0) is 9.59 Å². The lowest BCUT2D eigenvalue weighted by molar-refractivity contribution is -0.142. The number of nitrogens with one attached hydrogen (secondary N) is 1. The molecular formula is C20H29N3O3. The number of para-hydroxylation sites is 1. The average molecular weight is 359 g/mol. The molecule has 0 spiro atoms. The molecule has 2 saturated heterocycles. The second-order valence-electron chi connectivity index (χ2n) is 7.17. The minimum absolute atomic E-state index is 0.00651. The first-order valence-corrected chi connectivity index (χ1v) is 9.59. The molecule has 2 fully saturated rings. The average Bonchev–Trinajstić information content (AvgIpc) is 2.72. The molecule has 0 aromatic heterocycles. The van der Waals surface area contributed by atoms with E-state index in [-0.39, 0.29) is 24.3 Å². The number of carbonyl (C=O) groups excluding carboxylic acids is 2. The fraction of sp³-hybridized carbons (Fsp3) is 0.600. The van der Waals surface area contributed by atoms with Gasteiger partial charge in [0.2, 0.25) is 5.91 Å². The fourth-order valence-electron chi connectivity index (χ4n) is 3.80. The Morgan fingerprint density at radius 3 is 2.50 bits per heavy atom. The Morgan fingerprint density at radius 2 is 1.81 bits per heavy atom. The van der Waals surface area contributed by atoms with Crippen molar-refractivity contribution >= 4 is 11.8 Å². The Balaban J connectivity index is 1.43. The van der Waals surface area contributed by atoms with Gasteiger partial charge in [0, 0.05) is 38.1 Å². The molecule has 2 amide bonds. The fourth-order valence-corrected chi connectivity index (χ4v) is 3.80. The summed E-state index contributed by atoms with van der Waals surface area (Å²) in [5, 5.41) is 3.28. The summed E-state index contributed by atoms with van der Waals surface area (Å²) in [6.45, 7) is 2.99. The molecule has 1 aromatic carbocycles. The first-order chi connectivity index (χ1) is 12.7. The van der Waals surface area contributed by atoms with E-state index in [1.165, 1.54) is 0 Å². The number of rotatable bonds is 5. The van der Waals surface area contributed by atoms with Crippen LogP contribution in [-0.4, -0.2) is 67.5 Å². The summed E-state index contributed by atoms with van der Waals surface area (Å²) in [4.78, 5) is 28.9. The number of ether oxygens (including phenoxy) is 1. The van der Waals surface area contributed by atoms with E-state index in [0.29, 0.717) is 24.9 Å². The molecule has 0 bridgehead atoms. The van der Waals surface area contributed by atoms with E-state index >= 15 is 0 Å². The van der Waals surface area contributed by atoms with Crippen molar-refractivity contribution in [2.75, 3.05) is 39.8 Å². The third kappa shape index (κ3) is 4.75. The molecule has 2 aliphatic rings. The summed E-state index contributed by atoms with van der Waals surface area (Å²) in [5.41, 5.74) is 0. The maximum atomic E-state index is 12.8. The highest BCUT2D eigenvalue weighted by molar-refractivity contribution is 5.81. The van der Waals surface area contributed by atoms with Gasteiger partial charge in [0.05, 0.1) is 0 Å². The van der Waals surface area contributed by atoms with E-state index in [1.807, 2.05) is 47.2 Å². The molecule has 1 aromatic rings. The zero-order chi connectivity index (χ0) is 18.4. The Morgan fingerprint density at radius 1 is 1.08 bits per heavy atom. The van der Waals surface area contributed by atoms with Crippen molar-refractivity contribution in [3.8, 4) is 5.75 Å². The standard InChI is InChI=1S/C20H29N3O3/c1-21-17-6-5-11-23(14-17)20(25)16-9-12-22(13-10-16)19(24)15-26-18-7-3-2-4-8-18/h2-4,7-8,16-17,21H,5-6,9-15H2,1H3. The number of hydrogen-bond donors (Lipinski definition) is 1. The van der Waals surface area contributed by atoms with E-state index in [9.17, 15) is 9.59 Å². The molecule has 2 aliphatic heterocycles. The number of likely N-dealkylation sites (N-methyl/N-ethyl adjacent to an activating group) is 1. The molecule has 1 N–H and O–H groups in total. The van der Waals surface area contributed by atoms with Gasteiger partial charge in [0.1, 0.15) is 5.75 Å². The molecule has 6 nitrogen and oxygen atoms in total. The maximum absolute atomic E-state index is 12.8. The van der Waals surface area contributed by atoms with E-state index in [0.717, 1.165) is 38.8 Å². The van der Waals surface area contributed by atoms with E-state index in [2.05, 4.69) is 5.32 Å². The normalized spacial score (nSPS) is 21.5. The van der Waals surface area contributed by atoms with Crippen LogP contribution in [0.25, 0.3) is 0 Å². The van der Waals surface area contributed by atoms with Crippen molar-refractivity contribution in [2.45, 2.75) is 31.7 Å². The lowest BCUT2D eigenvalue weighted by Crippen LogP contribution is -2.51. The quantitative estimate of drug-likeness (QED) is 0.866. The topological polar surface area (TPSA) is 61.9 Å². The monoisotopic (exact) mass is 359 g/mol. The van der Waals surface area contributed by atoms with Gasteiger partial charge in [-0.1, -0.05) is 18.2 Å². The van der Waals surface area contributed by atoms with Gasteiger partial charge in [-0.05, 0) is 44.9 Å². The molecule has 0 aliphatic carbocycles. The van der Waals surface area contributed by atoms with Crippen LogP contribution < -0.4 is 10.1 Å². The second-order valence-corrected chi connectivity index (χ2v) is 7.17. The molecule has 0 radical (unpaired) electrons. The molecular weight excluding hydrogens is 330 g/mol. The van der Waals surface area contributed by atoms with Crippen molar-refractivity contribution in [3.05, 3.63) is 30.3 Å². The van der Waals surface area contributed by atoms with Gasteiger partial charge in [-0.2, -0.15) is 0 Å². The summed E-state index contributed by atoms with van der Waals surface area (Å²) in [5.74, 6) is 1.00. The zero-order valence-corrected chi connectivity index (χ0v) is 15.5. The number of piperidine rings is 2. The number of amides is 2. The van der Waals surface area contributed by atoms with Crippen LogP contribution in [0.4, 0.5) is 0 Å². The lowest BCUT2D eigenvalue weighted by Gasteiger charge is -2.37. The molecule has 6 heteroatoms. The summed E-state index contributed by atoms with van der Waals surface area (Å²) in [7, 11) is 1.96. The molecule has 1 unspecified atom stereocenters. The van der Waals surface area contributed by atoms with Crippen molar-refractivity contribution in [3.63, 3.8) is 0 Å². The first kappa shape index (κ1) is 18.7. The molecule has 0 saturated carbocycles. The molecule has 1 atom stereocenters. The zero-order valence-electron chi connectivity index (χ0n) is 15.5. The highest BCUT2D eigenvalue weighted by Crippen LogP contribution is 2.22. The van der Waals surface area contributed by atoms with Crippen LogP contribution in [0.2, 0.25) is 0 Å². The summed E-state index contributed by atoms with van der Waals surface area (Å²) >= 11 is 0. The lowest BCUT2D eigenvalue weighted by atomic mass is 9.93. The third-order valence-corrected chi connectivity index (χ3v) is 5.44. The highest BCUT2D eigenvalue weighted by atomic mass is 16.5. The molecule has 3 rings (SSSR count). The van der Waals surface area contributed by atoms with E-state index < -0.39 is 0 Å². The van der Waals surface area contributed by atoms with Crippen molar-refractivity contribution in [2.24, 2.45) is 5.92 Å². The number of carbonyl (C=O) groups is 2. The Hall–Kier alpha value is -2.08. The van der Waals surface area contributed by atoms with E-state index in [1.54, 1.807) is 0 Å². The predicted octanol–water partition coefficient (Wildman–Crippen LogP) is 1.51. The minimum Gasteiger partial charge on any atom is -0.484 e. The van der Waals surface area contributed by atoms with Gasteiger partial charge < -0.3 is 19.9 Å². The number of likely N-dealkylation sites (tertiary alicyclic amines) is 2. The van der Waals surface area contributed by atoms with Crippen molar-refractivity contribution in [1.29, 1.82) is 0 Å². The predicted molar refractivity (Wildman–Crippen MR) is 99.9 cm³/mol. The highest BCUT2D eigenvalue weighted by Gasteiger charge is 2.32. The van der Waals surface area contributed by atoms with Gasteiger partial charge in [0.15, 0.2) is 6.61 Å². The Kier molecular flexibility index (Phi) is 6.50. The largest absolute Gasteiger partial charge is 0.484 e. The third-order valence-electron chi connectivity index (χ3n) is 5.44. The van der Waals surface area contributed by atoms with Gasteiger partial charge in [0.25, 0.3) is 5.91 Å². The van der Waals surface area contributed by atoms with Gasteiger partial charge in [-0.3, -0.25) is 9.59 Å². The van der Waals surface area contributed by atoms with Crippen LogP contribution in [0.5, 0.6) is 5.75 Å². The molecule has 2 heterocycles. The summed E-state index contributed by atoms with van der Waals surface area (Å²) < 4.78 is 5.54. The van der Waals surface area contributed by atoms with Gasteiger partial charge in [-0.25, -0.2) is 0 Å². The minimum atomic E-state index is -0.00651. The molecule has 26 heavy (non-hydrogen) atoms. The summed E-state index contributed by atoms with van der Waals surface area (Å²) in [6, 6.07) is 9.78. The van der Waals surface area contributed by atoms with Gasteiger partial charge in [-0.15, -0.1) is 0 Å². The van der Waals surface area contributed by atoms with Crippen LogP contribution in [0.1, 0.15) is 25.7 Å². The van der Waals surface area contributed by atoms with Gasteiger partial charge >= 0.3 is 0 Å².